The van der Waals surface area contributed by atoms with Crippen molar-refractivity contribution in [1.82, 2.24) is 0 Å². The molecule has 1 unspecified atom stereocenters. The van der Waals surface area contributed by atoms with Crippen LogP contribution >= 0.6 is 0 Å². The van der Waals surface area contributed by atoms with Crippen LogP contribution in [-0.4, -0.2) is 17.0 Å². The first-order valence-corrected chi connectivity index (χ1v) is 7.04. The Morgan fingerprint density at radius 1 is 0.850 bits per heavy atom. The van der Waals surface area contributed by atoms with Gasteiger partial charge >= 0.3 is 0 Å². The van der Waals surface area contributed by atoms with Gasteiger partial charge in [0, 0.05) is 6.42 Å². The summed E-state index contributed by atoms with van der Waals surface area (Å²) in [6.07, 6.45) is 1.48. The molecule has 2 nitrogen and oxygen atoms in total. The maximum atomic E-state index is 11.9. The fraction of sp³-hybridized carbons (Fsp3) is 0.278. The van der Waals surface area contributed by atoms with Crippen LogP contribution in [0.3, 0.4) is 0 Å². The quantitative estimate of drug-likeness (QED) is 0.837. The van der Waals surface area contributed by atoms with Gasteiger partial charge in [0.15, 0.2) is 5.78 Å². The second-order valence-electron chi connectivity index (χ2n) is 4.99. The van der Waals surface area contributed by atoms with E-state index in [-0.39, 0.29) is 5.78 Å². The average molecular weight is 268 g/mol. The summed E-state index contributed by atoms with van der Waals surface area (Å²) in [4.78, 5) is 11.9. The van der Waals surface area contributed by atoms with E-state index in [1.54, 1.807) is 0 Å². The van der Waals surface area contributed by atoms with Gasteiger partial charge in [-0.15, -0.1) is 0 Å². The number of ketones is 1. The van der Waals surface area contributed by atoms with Crippen molar-refractivity contribution in [2.45, 2.75) is 31.8 Å². The van der Waals surface area contributed by atoms with Crippen molar-refractivity contribution in [2.75, 3.05) is 0 Å². The Hall–Kier alpha value is -1.93. The summed E-state index contributed by atoms with van der Waals surface area (Å²) in [7, 11) is 0. The highest BCUT2D eigenvalue weighted by molar-refractivity contribution is 5.82. The predicted molar refractivity (Wildman–Crippen MR) is 80.5 cm³/mol. The molecule has 0 aliphatic carbocycles. The molecule has 0 amide bonds. The van der Waals surface area contributed by atoms with Crippen LogP contribution in [0.5, 0.6) is 0 Å². The molecule has 2 rings (SSSR count). The van der Waals surface area contributed by atoms with E-state index in [2.05, 4.69) is 0 Å². The molecule has 0 bridgehead atoms. The second-order valence-corrected chi connectivity index (χ2v) is 4.99. The van der Waals surface area contributed by atoms with Crippen LogP contribution in [0, 0.1) is 0 Å². The van der Waals surface area contributed by atoms with Gasteiger partial charge in [-0.3, -0.25) is 4.79 Å². The number of Topliss-reactive ketones (excluding diaryl/α,β-unsaturated/α-hetero) is 1. The number of hydrogen-bond donors (Lipinski definition) is 1. The fourth-order valence-electron chi connectivity index (χ4n) is 2.19. The van der Waals surface area contributed by atoms with Crippen LogP contribution in [0.4, 0.5) is 0 Å². The van der Waals surface area contributed by atoms with Crippen LogP contribution in [0.25, 0.3) is 0 Å². The molecular formula is C18H20O2. The van der Waals surface area contributed by atoms with E-state index in [9.17, 15) is 9.90 Å². The molecule has 2 heteroatoms. The first-order valence-electron chi connectivity index (χ1n) is 7.04. The maximum absolute atomic E-state index is 11.9. The summed E-state index contributed by atoms with van der Waals surface area (Å²) < 4.78 is 0. The second kappa shape index (κ2) is 7.61. The van der Waals surface area contributed by atoms with Crippen molar-refractivity contribution in [3.63, 3.8) is 0 Å². The number of hydrogen-bond acceptors (Lipinski definition) is 2. The van der Waals surface area contributed by atoms with E-state index in [0.717, 1.165) is 17.5 Å². The molecule has 0 aliphatic heterocycles. The first kappa shape index (κ1) is 14.5. The van der Waals surface area contributed by atoms with Crippen LogP contribution in [-0.2, 0) is 17.6 Å². The number of benzene rings is 2. The summed E-state index contributed by atoms with van der Waals surface area (Å²) >= 11 is 0. The number of carbonyl (C=O) groups excluding carboxylic acids is 1. The third-order valence-corrected chi connectivity index (χ3v) is 3.42. The molecule has 2 aromatic rings. The van der Waals surface area contributed by atoms with Crippen molar-refractivity contribution in [2.24, 2.45) is 0 Å². The molecule has 0 saturated heterocycles. The van der Waals surface area contributed by atoms with Gasteiger partial charge in [0.1, 0.15) is 6.10 Å². The lowest BCUT2D eigenvalue weighted by molar-refractivity contribution is -0.127. The maximum Gasteiger partial charge on any atom is 0.161 e. The van der Waals surface area contributed by atoms with E-state index in [0.29, 0.717) is 19.3 Å². The molecule has 20 heavy (non-hydrogen) atoms. The van der Waals surface area contributed by atoms with Gasteiger partial charge in [-0.05, 0) is 30.4 Å². The molecule has 0 saturated carbocycles. The average Bonchev–Trinajstić information content (AvgIpc) is 2.52. The van der Waals surface area contributed by atoms with Crippen LogP contribution in [0.2, 0.25) is 0 Å². The highest BCUT2D eigenvalue weighted by Crippen LogP contribution is 2.09. The Morgan fingerprint density at radius 3 is 1.90 bits per heavy atom. The molecule has 2 aromatic carbocycles. The standard InChI is InChI=1S/C18H20O2/c19-17(13-11-15-7-3-1-4-8-15)18(20)14-12-16-9-5-2-6-10-16/h1-10,17,19H,11-14H2. The molecule has 1 atom stereocenters. The number of aliphatic hydroxyl groups is 1. The normalized spacial score (nSPS) is 12.1. The molecule has 104 valence electrons. The van der Waals surface area contributed by atoms with Crippen molar-refractivity contribution >= 4 is 5.78 Å². The van der Waals surface area contributed by atoms with Gasteiger partial charge in [-0.25, -0.2) is 0 Å². The number of aryl methyl sites for hydroxylation is 2. The first-order chi connectivity index (χ1) is 9.75. The Morgan fingerprint density at radius 2 is 1.35 bits per heavy atom. The zero-order valence-corrected chi connectivity index (χ0v) is 11.5. The van der Waals surface area contributed by atoms with Gasteiger partial charge in [-0.1, -0.05) is 60.7 Å². The molecule has 0 heterocycles. The lowest BCUT2D eigenvalue weighted by Gasteiger charge is -2.09. The third-order valence-electron chi connectivity index (χ3n) is 3.42. The summed E-state index contributed by atoms with van der Waals surface area (Å²) in [6.45, 7) is 0. The van der Waals surface area contributed by atoms with E-state index < -0.39 is 6.10 Å². The van der Waals surface area contributed by atoms with Crippen molar-refractivity contribution in [3.05, 3.63) is 71.8 Å². The Bertz CT molecular complexity index is 520. The Labute approximate surface area is 120 Å². The van der Waals surface area contributed by atoms with Gasteiger partial charge in [0.2, 0.25) is 0 Å². The third kappa shape index (κ3) is 4.63. The van der Waals surface area contributed by atoms with E-state index in [4.69, 9.17) is 0 Å². The molecule has 0 radical (unpaired) electrons. The Kier molecular flexibility index (Phi) is 5.51. The summed E-state index contributed by atoms with van der Waals surface area (Å²) in [5.74, 6) is -0.0650. The number of rotatable bonds is 7. The molecule has 0 fully saturated rings. The van der Waals surface area contributed by atoms with Gasteiger partial charge in [0.05, 0.1) is 0 Å². The zero-order valence-electron chi connectivity index (χ0n) is 11.5. The fourth-order valence-corrected chi connectivity index (χ4v) is 2.19. The zero-order chi connectivity index (χ0) is 14.2. The SMILES string of the molecule is O=C(CCc1ccccc1)C(O)CCc1ccccc1. The summed E-state index contributed by atoms with van der Waals surface area (Å²) in [6, 6.07) is 19.8. The lowest BCUT2D eigenvalue weighted by Crippen LogP contribution is -2.21. The highest BCUT2D eigenvalue weighted by atomic mass is 16.3. The minimum atomic E-state index is -0.848. The van der Waals surface area contributed by atoms with Crippen LogP contribution in [0.15, 0.2) is 60.7 Å². The topological polar surface area (TPSA) is 37.3 Å². The van der Waals surface area contributed by atoms with E-state index in [1.807, 2.05) is 60.7 Å². The van der Waals surface area contributed by atoms with E-state index in [1.165, 1.54) is 0 Å². The Balaban J connectivity index is 1.75. The van der Waals surface area contributed by atoms with Gasteiger partial charge in [-0.2, -0.15) is 0 Å². The van der Waals surface area contributed by atoms with Gasteiger partial charge in [0.25, 0.3) is 0 Å². The number of aliphatic hydroxyl groups excluding tert-OH is 1. The van der Waals surface area contributed by atoms with Crippen molar-refractivity contribution < 1.29 is 9.90 Å². The molecule has 1 N–H and O–H groups in total. The minimum Gasteiger partial charge on any atom is -0.385 e. The van der Waals surface area contributed by atoms with Crippen molar-refractivity contribution in [3.8, 4) is 0 Å². The lowest BCUT2D eigenvalue weighted by atomic mass is 10.00. The molecule has 0 spiro atoms. The number of carbonyl (C=O) groups is 1. The summed E-state index contributed by atoms with van der Waals surface area (Å²) in [5.41, 5.74) is 2.29. The van der Waals surface area contributed by atoms with E-state index >= 15 is 0 Å². The molecular weight excluding hydrogens is 248 g/mol. The predicted octanol–water partition coefficient (Wildman–Crippen LogP) is 3.18. The molecule has 0 aromatic heterocycles. The van der Waals surface area contributed by atoms with Gasteiger partial charge < -0.3 is 5.11 Å². The monoisotopic (exact) mass is 268 g/mol. The molecule has 0 aliphatic rings. The van der Waals surface area contributed by atoms with Crippen LogP contribution in [0.1, 0.15) is 24.0 Å². The highest BCUT2D eigenvalue weighted by Gasteiger charge is 2.14. The summed E-state index contributed by atoms with van der Waals surface area (Å²) in [5, 5.41) is 9.91. The van der Waals surface area contributed by atoms with Crippen LogP contribution < -0.4 is 0 Å². The van der Waals surface area contributed by atoms with Crippen molar-refractivity contribution in [1.29, 1.82) is 0 Å². The minimum absolute atomic E-state index is 0.0650. The largest absolute Gasteiger partial charge is 0.385 e. The smallest absolute Gasteiger partial charge is 0.161 e.